The molecule has 0 bridgehead atoms. The topological polar surface area (TPSA) is 178 Å². The number of benzene rings is 1. The van der Waals surface area contributed by atoms with E-state index in [4.69, 9.17) is 38.5 Å². The van der Waals surface area contributed by atoms with E-state index in [1.54, 1.807) is 12.1 Å². The normalized spacial score (nSPS) is 15.8. The number of guanidine groups is 1. The molecule has 1 aliphatic heterocycles. The Morgan fingerprint density at radius 2 is 1.59 bits per heavy atom. The van der Waals surface area contributed by atoms with Crippen molar-refractivity contribution in [2.45, 2.75) is 5.60 Å². The maximum absolute atomic E-state index is 10.2. The van der Waals surface area contributed by atoms with Gasteiger partial charge in [0.2, 0.25) is 0 Å². The lowest BCUT2D eigenvalue weighted by Crippen LogP contribution is -2.44. The summed E-state index contributed by atoms with van der Waals surface area (Å²) >= 11 is 0. The highest BCUT2D eigenvalue weighted by atomic mass is 32.3. The smallest absolute Gasteiger partial charge is 0.394 e. The van der Waals surface area contributed by atoms with Gasteiger partial charge < -0.3 is 26.0 Å². The second-order valence-corrected chi connectivity index (χ2v) is 5.33. The predicted octanol–water partition coefficient (Wildman–Crippen LogP) is -1.19. The largest absolute Gasteiger partial charge is 0.486 e. The molecule has 0 spiro atoms. The molecule has 1 heterocycles. The molecule has 0 fully saturated rings. The van der Waals surface area contributed by atoms with Crippen LogP contribution in [0.2, 0.25) is 0 Å². The number of para-hydroxylation sites is 2. The van der Waals surface area contributed by atoms with Crippen LogP contribution in [-0.2, 0) is 10.4 Å². The van der Waals surface area contributed by atoms with Crippen LogP contribution in [0.3, 0.4) is 0 Å². The molecular weight excluding hydrogens is 318 g/mol. The number of ether oxygens (including phenoxy) is 2. The molecule has 0 amide bonds. The summed E-state index contributed by atoms with van der Waals surface area (Å²) in [5, 5.41) is 10.2. The quantitative estimate of drug-likeness (QED) is 0.252. The van der Waals surface area contributed by atoms with E-state index in [1.807, 2.05) is 12.1 Å². The summed E-state index contributed by atoms with van der Waals surface area (Å²) in [6, 6.07) is 7.23. The summed E-state index contributed by atoms with van der Waals surface area (Å²) in [5.41, 5.74) is 9.23. The van der Waals surface area contributed by atoms with Crippen molar-refractivity contribution in [3.05, 3.63) is 24.3 Å². The summed E-state index contributed by atoms with van der Waals surface area (Å²) in [4.78, 5) is 3.79. The molecule has 11 heteroatoms. The van der Waals surface area contributed by atoms with E-state index in [0.717, 1.165) is 0 Å². The van der Waals surface area contributed by atoms with Gasteiger partial charge >= 0.3 is 10.4 Å². The molecule has 10 nitrogen and oxygen atoms in total. The van der Waals surface area contributed by atoms with Crippen molar-refractivity contribution in [2.75, 3.05) is 19.8 Å². The minimum absolute atomic E-state index is 0.0450. The van der Waals surface area contributed by atoms with E-state index in [1.165, 1.54) is 0 Å². The predicted molar refractivity (Wildman–Crippen MR) is 77.2 cm³/mol. The Balaban J connectivity index is 0.000000422. The third kappa shape index (κ3) is 7.08. The van der Waals surface area contributed by atoms with Gasteiger partial charge in [-0.2, -0.15) is 8.42 Å². The van der Waals surface area contributed by atoms with E-state index in [2.05, 4.69) is 4.99 Å². The van der Waals surface area contributed by atoms with Gasteiger partial charge in [0.05, 0.1) is 6.54 Å². The van der Waals surface area contributed by atoms with E-state index in [-0.39, 0.29) is 25.7 Å². The van der Waals surface area contributed by atoms with Gasteiger partial charge in [0.15, 0.2) is 23.1 Å². The molecule has 0 radical (unpaired) electrons. The molecule has 0 unspecified atom stereocenters. The van der Waals surface area contributed by atoms with Gasteiger partial charge in [-0.3, -0.25) is 14.1 Å². The molecule has 0 aliphatic carbocycles. The van der Waals surface area contributed by atoms with E-state index in [0.29, 0.717) is 11.5 Å². The van der Waals surface area contributed by atoms with Gasteiger partial charge in [0, 0.05) is 0 Å². The zero-order valence-corrected chi connectivity index (χ0v) is 12.2. The van der Waals surface area contributed by atoms with Gasteiger partial charge in [0.1, 0.15) is 13.2 Å². The van der Waals surface area contributed by atoms with E-state index >= 15 is 0 Å². The molecule has 2 rings (SSSR count). The van der Waals surface area contributed by atoms with Crippen LogP contribution in [0, 0.1) is 0 Å². The number of fused-ring (bicyclic) bond motifs is 1. The summed E-state index contributed by atoms with van der Waals surface area (Å²) in [6.45, 7) is 0.213. The first-order valence-corrected chi connectivity index (χ1v) is 7.31. The maximum Gasteiger partial charge on any atom is 0.394 e. The molecule has 1 aliphatic rings. The maximum atomic E-state index is 10.2. The van der Waals surface area contributed by atoms with Crippen molar-refractivity contribution >= 4 is 16.4 Å². The standard InChI is InChI=1S/C11H15N3O3.H2O4S/c12-10(13)14-5-11(15)6-16-8-3-1-2-4-9(8)17-7-11;1-5(2,3)4/h1-4,15H,5-7H2,(H4,12,13,14);(H2,1,2,3,4). The number of rotatable bonds is 2. The minimum Gasteiger partial charge on any atom is -0.486 e. The highest BCUT2D eigenvalue weighted by Crippen LogP contribution is 2.30. The minimum atomic E-state index is -4.67. The highest BCUT2D eigenvalue weighted by Gasteiger charge is 2.32. The summed E-state index contributed by atoms with van der Waals surface area (Å²) < 4.78 is 42.5. The molecule has 7 N–H and O–H groups in total. The van der Waals surface area contributed by atoms with Crippen LogP contribution in [0.25, 0.3) is 0 Å². The monoisotopic (exact) mass is 335 g/mol. The Morgan fingerprint density at radius 1 is 1.18 bits per heavy atom. The van der Waals surface area contributed by atoms with Gasteiger partial charge in [-0.05, 0) is 12.1 Å². The van der Waals surface area contributed by atoms with Gasteiger partial charge in [-0.15, -0.1) is 0 Å². The van der Waals surface area contributed by atoms with Crippen LogP contribution in [-0.4, -0.2) is 53.9 Å². The Hall–Kier alpha value is -2.08. The van der Waals surface area contributed by atoms with Crippen molar-refractivity contribution in [3.63, 3.8) is 0 Å². The number of nitrogens with two attached hydrogens (primary N) is 2. The van der Waals surface area contributed by atoms with Crippen LogP contribution < -0.4 is 20.9 Å². The highest BCUT2D eigenvalue weighted by molar-refractivity contribution is 7.79. The lowest BCUT2D eigenvalue weighted by Gasteiger charge is -2.22. The second kappa shape index (κ2) is 7.26. The number of hydrogen-bond donors (Lipinski definition) is 5. The lowest BCUT2D eigenvalue weighted by molar-refractivity contribution is -0.0198. The fraction of sp³-hybridized carbons (Fsp3) is 0.364. The molecule has 0 aromatic heterocycles. The van der Waals surface area contributed by atoms with Crippen molar-refractivity contribution in [1.82, 2.24) is 0 Å². The first-order chi connectivity index (χ1) is 10.1. The number of aliphatic imine (C=N–C) groups is 1. The number of aliphatic hydroxyl groups is 1. The first-order valence-electron chi connectivity index (χ1n) is 5.91. The molecular formula is C11H17N3O7S. The van der Waals surface area contributed by atoms with Crippen LogP contribution in [0.1, 0.15) is 0 Å². The van der Waals surface area contributed by atoms with Crippen molar-refractivity contribution < 1.29 is 32.1 Å². The van der Waals surface area contributed by atoms with Crippen molar-refractivity contribution in [3.8, 4) is 11.5 Å². The van der Waals surface area contributed by atoms with Crippen LogP contribution >= 0.6 is 0 Å². The molecule has 22 heavy (non-hydrogen) atoms. The molecule has 0 atom stereocenters. The Labute approximate surface area is 126 Å². The molecule has 1 aromatic carbocycles. The average Bonchev–Trinajstić information content (AvgIpc) is 2.56. The SMILES string of the molecule is NC(N)=NCC1(O)COc2ccccc2OC1.O=S(=O)(O)O. The summed E-state index contributed by atoms with van der Waals surface area (Å²) in [6.07, 6.45) is 0. The van der Waals surface area contributed by atoms with E-state index in [9.17, 15) is 5.11 Å². The number of hydrogen-bond acceptors (Lipinski definition) is 6. The van der Waals surface area contributed by atoms with Crippen molar-refractivity contribution in [1.29, 1.82) is 0 Å². The van der Waals surface area contributed by atoms with Crippen LogP contribution in [0.5, 0.6) is 11.5 Å². The fourth-order valence-electron chi connectivity index (χ4n) is 1.48. The average molecular weight is 335 g/mol. The summed E-state index contributed by atoms with van der Waals surface area (Å²) in [7, 11) is -4.67. The second-order valence-electron chi connectivity index (χ2n) is 4.44. The zero-order chi connectivity index (χ0) is 16.8. The zero-order valence-electron chi connectivity index (χ0n) is 11.4. The number of nitrogens with zero attached hydrogens (tertiary/aromatic N) is 1. The van der Waals surface area contributed by atoms with Gasteiger partial charge in [-0.1, -0.05) is 12.1 Å². The molecule has 1 aromatic rings. The Morgan fingerprint density at radius 3 is 1.95 bits per heavy atom. The van der Waals surface area contributed by atoms with Gasteiger partial charge in [-0.25, -0.2) is 0 Å². The summed E-state index contributed by atoms with van der Waals surface area (Å²) in [5.74, 6) is 1.14. The third-order valence-electron chi connectivity index (χ3n) is 2.40. The van der Waals surface area contributed by atoms with Crippen molar-refractivity contribution in [2.24, 2.45) is 16.5 Å². The Kier molecular flexibility index (Phi) is 5.93. The van der Waals surface area contributed by atoms with E-state index < -0.39 is 16.0 Å². The molecule has 124 valence electrons. The third-order valence-corrected chi connectivity index (χ3v) is 2.40. The fourth-order valence-corrected chi connectivity index (χ4v) is 1.48. The van der Waals surface area contributed by atoms with Crippen LogP contribution in [0.15, 0.2) is 29.3 Å². The van der Waals surface area contributed by atoms with Crippen LogP contribution in [0.4, 0.5) is 0 Å². The van der Waals surface area contributed by atoms with Gasteiger partial charge in [0.25, 0.3) is 0 Å². The lowest BCUT2D eigenvalue weighted by atomic mass is 10.1. The first kappa shape index (κ1) is 18.0. The molecule has 0 saturated carbocycles. The molecule has 0 saturated heterocycles. The Bertz CT molecular complexity index is 593.